The van der Waals surface area contributed by atoms with Crippen molar-refractivity contribution >= 4 is 34.2 Å². The number of ether oxygens (including phenoxy) is 2. The number of rotatable bonds is 4. The Morgan fingerprint density at radius 3 is 2.71 bits per heavy atom. The number of hydrogen-bond donors (Lipinski definition) is 2. The normalized spacial score (nSPS) is 13.3. The number of nitrogens with two attached hydrogens (primary N) is 1. The molecule has 0 atom stereocenters. The number of fused-ring (bicyclic) bond motifs is 1. The lowest BCUT2D eigenvalue weighted by atomic mass is 10.1. The van der Waals surface area contributed by atoms with Gasteiger partial charge in [-0.3, -0.25) is 4.79 Å². The average Bonchev–Trinajstić information content (AvgIpc) is 2.45. The van der Waals surface area contributed by atoms with E-state index in [2.05, 4.69) is 21.2 Å². The third-order valence-electron chi connectivity index (χ3n) is 2.67. The molecule has 1 aliphatic rings. The zero-order valence-corrected chi connectivity index (χ0v) is 13.2. The van der Waals surface area contributed by atoms with Crippen LogP contribution in [0.4, 0.5) is 8.78 Å². The highest BCUT2D eigenvalue weighted by Gasteiger charge is 2.28. The number of benzene rings is 1. The molecule has 0 radical (unpaired) electrons. The second kappa shape index (κ2) is 7.24. The molecule has 1 heterocycles. The summed E-state index contributed by atoms with van der Waals surface area (Å²) in [6.45, 7) is -0.845. The summed E-state index contributed by atoms with van der Waals surface area (Å²) >= 11 is 3.25. The zero-order valence-electron chi connectivity index (χ0n) is 10.8. The molecule has 0 spiro atoms. The van der Waals surface area contributed by atoms with E-state index in [0.29, 0.717) is 29.2 Å². The van der Waals surface area contributed by atoms with Crippen molar-refractivity contribution in [2.75, 3.05) is 26.3 Å². The topological polar surface area (TPSA) is 73.6 Å². The van der Waals surface area contributed by atoms with Crippen LogP contribution in [0.2, 0.25) is 0 Å². The maximum atomic E-state index is 13.0. The largest absolute Gasteiger partial charge is 0.486 e. The van der Waals surface area contributed by atoms with E-state index in [1.54, 1.807) is 0 Å². The van der Waals surface area contributed by atoms with Crippen molar-refractivity contribution in [1.82, 2.24) is 5.32 Å². The van der Waals surface area contributed by atoms with Gasteiger partial charge in [0.2, 0.25) is 0 Å². The maximum Gasteiger partial charge on any atom is 0.277 e. The van der Waals surface area contributed by atoms with Gasteiger partial charge in [-0.1, -0.05) is 0 Å². The van der Waals surface area contributed by atoms with Crippen LogP contribution >= 0.6 is 28.3 Å². The molecule has 0 unspecified atom stereocenters. The molecule has 1 aliphatic heterocycles. The van der Waals surface area contributed by atoms with Gasteiger partial charge in [0.15, 0.2) is 11.5 Å². The summed E-state index contributed by atoms with van der Waals surface area (Å²) < 4.78 is 37.2. The molecule has 118 valence electrons. The predicted molar refractivity (Wildman–Crippen MR) is 78.7 cm³/mol. The number of alkyl halides is 2. The Hall–Kier alpha value is -1.12. The van der Waals surface area contributed by atoms with Crippen molar-refractivity contribution in [3.05, 3.63) is 22.2 Å². The molecule has 9 heteroatoms. The van der Waals surface area contributed by atoms with Crippen molar-refractivity contribution in [2.45, 2.75) is 5.92 Å². The van der Waals surface area contributed by atoms with Crippen molar-refractivity contribution in [2.24, 2.45) is 5.73 Å². The number of nitrogens with one attached hydrogen (secondary N) is 1. The molecule has 0 saturated heterocycles. The van der Waals surface area contributed by atoms with Crippen molar-refractivity contribution in [3.8, 4) is 11.5 Å². The van der Waals surface area contributed by atoms with Crippen LogP contribution in [0.25, 0.3) is 0 Å². The van der Waals surface area contributed by atoms with E-state index in [4.69, 9.17) is 15.2 Å². The smallest absolute Gasteiger partial charge is 0.277 e. The van der Waals surface area contributed by atoms with Crippen LogP contribution in [0.5, 0.6) is 11.5 Å². The number of carbonyl (C=O) groups excluding carboxylic acids is 1. The molecule has 0 fully saturated rings. The van der Waals surface area contributed by atoms with E-state index in [1.165, 1.54) is 12.1 Å². The molecule has 0 aliphatic carbocycles. The second-order valence-corrected chi connectivity index (χ2v) is 5.08. The molecular formula is C12H14BrClF2N2O3. The van der Waals surface area contributed by atoms with E-state index in [-0.39, 0.29) is 18.0 Å². The highest BCUT2D eigenvalue weighted by atomic mass is 79.9. The van der Waals surface area contributed by atoms with Gasteiger partial charge in [0.1, 0.15) is 13.2 Å². The van der Waals surface area contributed by atoms with Crippen molar-refractivity contribution in [3.63, 3.8) is 0 Å². The first-order valence-corrected chi connectivity index (χ1v) is 6.67. The van der Waals surface area contributed by atoms with Gasteiger partial charge >= 0.3 is 0 Å². The number of amides is 1. The summed E-state index contributed by atoms with van der Waals surface area (Å²) in [5, 5.41) is 2.14. The summed E-state index contributed by atoms with van der Waals surface area (Å²) in [7, 11) is 0. The molecule has 5 nitrogen and oxygen atoms in total. The lowest BCUT2D eigenvalue weighted by Crippen LogP contribution is -2.41. The van der Waals surface area contributed by atoms with Crippen molar-refractivity contribution < 1.29 is 23.0 Å². The van der Waals surface area contributed by atoms with E-state index in [9.17, 15) is 13.6 Å². The first-order chi connectivity index (χ1) is 9.43. The fourth-order valence-electron chi connectivity index (χ4n) is 1.63. The average molecular weight is 388 g/mol. The van der Waals surface area contributed by atoms with Gasteiger partial charge in [-0.2, -0.15) is 0 Å². The number of carbonyl (C=O) groups is 1. The van der Waals surface area contributed by atoms with Gasteiger partial charge in [0, 0.05) is 5.56 Å². The Bertz CT molecular complexity index is 531. The van der Waals surface area contributed by atoms with Crippen LogP contribution in [0.1, 0.15) is 10.4 Å². The summed E-state index contributed by atoms with van der Waals surface area (Å²) in [5.41, 5.74) is 5.10. The Kier molecular flexibility index (Phi) is 6.18. The Balaban J connectivity index is 0.00000220. The quantitative estimate of drug-likeness (QED) is 0.828. The van der Waals surface area contributed by atoms with E-state index >= 15 is 0 Å². The summed E-state index contributed by atoms with van der Waals surface area (Å²) in [4.78, 5) is 11.8. The van der Waals surface area contributed by atoms with Crippen LogP contribution < -0.4 is 20.5 Å². The van der Waals surface area contributed by atoms with Gasteiger partial charge in [-0.05, 0) is 28.1 Å². The van der Waals surface area contributed by atoms with Gasteiger partial charge < -0.3 is 20.5 Å². The molecule has 0 saturated carbocycles. The monoisotopic (exact) mass is 386 g/mol. The molecule has 21 heavy (non-hydrogen) atoms. The molecule has 1 aromatic carbocycles. The second-order valence-electron chi connectivity index (χ2n) is 4.23. The van der Waals surface area contributed by atoms with E-state index < -0.39 is 24.9 Å². The van der Waals surface area contributed by atoms with E-state index in [0.717, 1.165) is 0 Å². The minimum atomic E-state index is -3.12. The van der Waals surface area contributed by atoms with Crippen LogP contribution in [0.3, 0.4) is 0 Å². The summed E-state index contributed by atoms with van der Waals surface area (Å²) in [5.74, 6) is -2.85. The Labute approximate surface area is 134 Å². The van der Waals surface area contributed by atoms with Crippen LogP contribution in [-0.2, 0) is 0 Å². The Morgan fingerprint density at radius 2 is 2.05 bits per heavy atom. The number of halogens is 4. The third kappa shape index (κ3) is 4.42. The standard InChI is InChI=1S/C12H13BrF2N2O3.ClH/c13-8-3-7(4-9-10(8)20-2-1-19-9)11(18)17-6-12(14,15)5-16;/h3-4H,1-2,5-6,16H2,(H,17,18);1H. The van der Waals surface area contributed by atoms with Crippen molar-refractivity contribution in [1.29, 1.82) is 0 Å². The van der Waals surface area contributed by atoms with Gasteiger partial charge in [-0.25, -0.2) is 8.78 Å². The maximum absolute atomic E-state index is 13.0. The summed E-state index contributed by atoms with van der Waals surface area (Å²) in [6.07, 6.45) is 0. The predicted octanol–water partition coefficient (Wildman–Crippen LogP) is 1.97. The highest BCUT2D eigenvalue weighted by Crippen LogP contribution is 2.38. The molecule has 3 N–H and O–H groups in total. The van der Waals surface area contributed by atoms with Gasteiger partial charge in [0.05, 0.1) is 17.6 Å². The molecule has 0 aromatic heterocycles. The highest BCUT2D eigenvalue weighted by molar-refractivity contribution is 9.10. The zero-order chi connectivity index (χ0) is 14.8. The Morgan fingerprint density at radius 1 is 1.38 bits per heavy atom. The molecular weight excluding hydrogens is 373 g/mol. The SMILES string of the molecule is Cl.NCC(F)(F)CNC(=O)c1cc(Br)c2c(c1)OCCO2. The number of hydrogen-bond acceptors (Lipinski definition) is 4. The van der Waals surface area contributed by atoms with Gasteiger partial charge in [-0.15, -0.1) is 12.4 Å². The molecule has 2 rings (SSSR count). The van der Waals surface area contributed by atoms with Crippen LogP contribution in [0.15, 0.2) is 16.6 Å². The third-order valence-corrected chi connectivity index (χ3v) is 3.25. The minimum Gasteiger partial charge on any atom is -0.486 e. The lowest BCUT2D eigenvalue weighted by molar-refractivity contribution is 0.0118. The van der Waals surface area contributed by atoms with Gasteiger partial charge in [0.25, 0.3) is 11.8 Å². The fourth-order valence-corrected chi connectivity index (χ4v) is 2.18. The summed E-state index contributed by atoms with van der Waals surface area (Å²) in [6, 6.07) is 2.94. The fraction of sp³-hybridized carbons (Fsp3) is 0.417. The molecule has 0 bridgehead atoms. The first kappa shape index (κ1) is 17.9. The lowest BCUT2D eigenvalue weighted by Gasteiger charge is -2.20. The molecule has 1 amide bonds. The van der Waals surface area contributed by atoms with E-state index in [1.807, 2.05) is 0 Å². The molecule has 1 aromatic rings. The minimum absolute atomic E-state index is 0. The first-order valence-electron chi connectivity index (χ1n) is 5.88. The van der Waals surface area contributed by atoms with Crippen LogP contribution in [-0.4, -0.2) is 38.1 Å². The van der Waals surface area contributed by atoms with Crippen LogP contribution in [0, 0.1) is 0 Å².